The first-order valence-electron chi connectivity index (χ1n) is 5.28. The highest BCUT2D eigenvalue weighted by Gasteiger charge is 2.07. The predicted molar refractivity (Wildman–Crippen MR) is 69.5 cm³/mol. The average molecular weight is 242 g/mol. The lowest BCUT2D eigenvalue weighted by molar-refractivity contribution is 0.111. The number of carbonyl (C=O) groups excluding carboxylic acids is 1. The van der Waals surface area contributed by atoms with Gasteiger partial charge >= 0.3 is 0 Å². The Labute approximate surface area is 102 Å². The van der Waals surface area contributed by atoms with Gasteiger partial charge in [0.15, 0.2) is 6.29 Å². The van der Waals surface area contributed by atoms with Crippen LogP contribution in [0.2, 0.25) is 0 Å². The Hall–Kier alpha value is -1.94. The maximum Gasteiger partial charge on any atom is 0.166 e. The zero-order valence-corrected chi connectivity index (χ0v) is 10.0. The first-order chi connectivity index (χ1) is 8.26. The number of H-pyrrole nitrogens is 1. The molecule has 3 rings (SSSR count). The molecule has 0 aliphatic rings. The molecule has 0 fully saturated rings. The van der Waals surface area contributed by atoms with Crippen molar-refractivity contribution < 1.29 is 4.79 Å². The highest BCUT2D eigenvalue weighted by Crippen LogP contribution is 2.31. The summed E-state index contributed by atoms with van der Waals surface area (Å²) in [7, 11) is 0. The van der Waals surface area contributed by atoms with E-state index in [1.807, 2.05) is 19.1 Å². The van der Waals surface area contributed by atoms with E-state index in [0.717, 1.165) is 32.8 Å². The van der Waals surface area contributed by atoms with Gasteiger partial charge in [-0.25, -0.2) is 4.98 Å². The minimum Gasteiger partial charge on any atom is -0.352 e. The van der Waals surface area contributed by atoms with Crippen LogP contribution in [0.25, 0.3) is 20.8 Å². The number of aromatic amines is 1. The molecule has 0 unspecified atom stereocenters. The molecule has 4 heteroatoms. The van der Waals surface area contributed by atoms with Crippen LogP contribution in [0, 0.1) is 6.92 Å². The third kappa shape index (κ3) is 1.76. The Morgan fingerprint density at radius 2 is 2.18 bits per heavy atom. The van der Waals surface area contributed by atoms with Crippen molar-refractivity contribution in [3.8, 4) is 10.6 Å². The monoisotopic (exact) mass is 242 g/mol. The third-order valence-corrected chi connectivity index (χ3v) is 3.70. The number of hydrogen-bond acceptors (Lipinski definition) is 3. The molecule has 3 heterocycles. The van der Waals surface area contributed by atoms with E-state index in [1.54, 1.807) is 17.4 Å². The molecule has 0 saturated heterocycles. The summed E-state index contributed by atoms with van der Waals surface area (Å²) in [5.74, 6) is 0. The number of thiophene rings is 1. The number of nitrogens with zero attached hydrogens (tertiary/aromatic N) is 1. The molecule has 0 amide bonds. The fourth-order valence-electron chi connectivity index (χ4n) is 1.77. The van der Waals surface area contributed by atoms with Crippen molar-refractivity contribution in [1.29, 1.82) is 0 Å². The molecule has 0 atom stereocenters. The number of fused-ring (bicyclic) bond motifs is 1. The van der Waals surface area contributed by atoms with Crippen LogP contribution in [-0.4, -0.2) is 16.3 Å². The average Bonchev–Trinajstić information content (AvgIpc) is 2.93. The van der Waals surface area contributed by atoms with Gasteiger partial charge < -0.3 is 4.98 Å². The minimum absolute atomic E-state index is 0.599. The van der Waals surface area contributed by atoms with E-state index in [0.29, 0.717) is 5.69 Å². The van der Waals surface area contributed by atoms with E-state index in [9.17, 15) is 4.79 Å². The van der Waals surface area contributed by atoms with Crippen molar-refractivity contribution in [2.24, 2.45) is 0 Å². The number of nitrogens with one attached hydrogen (secondary N) is 1. The molecule has 0 spiro atoms. The van der Waals surface area contributed by atoms with Crippen LogP contribution >= 0.6 is 11.3 Å². The van der Waals surface area contributed by atoms with E-state index in [2.05, 4.69) is 22.1 Å². The smallest absolute Gasteiger partial charge is 0.166 e. The molecule has 17 heavy (non-hydrogen) atoms. The van der Waals surface area contributed by atoms with Gasteiger partial charge in [-0.15, -0.1) is 11.3 Å². The standard InChI is InChI=1S/C13H10N2OS/c1-8-2-3-9-6-12(17-13(9)14-8)11-5-4-10(7-16)15-11/h2-7,15H,1H3. The second-order valence-corrected chi connectivity index (χ2v) is 4.93. The van der Waals surface area contributed by atoms with Crippen LogP contribution < -0.4 is 0 Å². The number of carbonyl (C=O) groups is 1. The largest absolute Gasteiger partial charge is 0.352 e. The molecule has 0 radical (unpaired) electrons. The van der Waals surface area contributed by atoms with E-state index >= 15 is 0 Å². The molecule has 0 aliphatic carbocycles. The predicted octanol–water partition coefficient (Wildman–Crippen LogP) is 3.41. The molecule has 0 aromatic carbocycles. The topological polar surface area (TPSA) is 45.8 Å². The van der Waals surface area contributed by atoms with Gasteiger partial charge in [0, 0.05) is 11.1 Å². The van der Waals surface area contributed by atoms with E-state index < -0.39 is 0 Å². The van der Waals surface area contributed by atoms with E-state index in [1.165, 1.54) is 0 Å². The van der Waals surface area contributed by atoms with Gasteiger partial charge in [-0.05, 0) is 31.2 Å². The van der Waals surface area contributed by atoms with Crippen LogP contribution in [0.15, 0.2) is 30.3 Å². The number of hydrogen-bond donors (Lipinski definition) is 1. The highest BCUT2D eigenvalue weighted by molar-refractivity contribution is 7.21. The zero-order valence-electron chi connectivity index (χ0n) is 9.23. The molecule has 0 bridgehead atoms. The molecule has 3 nitrogen and oxygen atoms in total. The number of pyridine rings is 1. The van der Waals surface area contributed by atoms with Crippen LogP contribution in [-0.2, 0) is 0 Å². The Balaban J connectivity index is 2.14. The van der Waals surface area contributed by atoms with Gasteiger partial charge in [-0.3, -0.25) is 4.79 Å². The molecule has 1 N–H and O–H groups in total. The van der Waals surface area contributed by atoms with Gasteiger partial charge in [0.1, 0.15) is 4.83 Å². The van der Waals surface area contributed by atoms with Crippen molar-refractivity contribution in [2.45, 2.75) is 6.92 Å². The molecule has 84 valence electrons. The summed E-state index contributed by atoms with van der Waals surface area (Å²) < 4.78 is 0. The third-order valence-electron chi connectivity index (χ3n) is 2.62. The van der Waals surface area contributed by atoms with Gasteiger partial charge in [0.2, 0.25) is 0 Å². The summed E-state index contributed by atoms with van der Waals surface area (Å²) in [5, 5.41) is 1.14. The lowest BCUT2D eigenvalue weighted by atomic mass is 10.2. The second-order valence-electron chi connectivity index (χ2n) is 3.90. The lowest BCUT2D eigenvalue weighted by Crippen LogP contribution is -1.77. The van der Waals surface area contributed by atoms with Crippen LogP contribution in [0.4, 0.5) is 0 Å². The zero-order chi connectivity index (χ0) is 11.8. The maximum atomic E-state index is 10.6. The lowest BCUT2D eigenvalue weighted by Gasteiger charge is -1.89. The normalized spacial score (nSPS) is 10.9. The van der Waals surface area contributed by atoms with Crippen molar-refractivity contribution >= 4 is 27.8 Å². The summed E-state index contributed by atoms with van der Waals surface area (Å²) in [4.78, 5) is 20.3. The first kappa shape index (κ1) is 10.2. The van der Waals surface area contributed by atoms with E-state index in [4.69, 9.17) is 0 Å². The molecule has 0 aliphatic heterocycles. The van der Waals surface area contributed by atoms with Gasteiger partial charge in [-0.1, -0.05) is 6.07 Å². The van der Waals surface area contributed by atoms with Gasteiger partial charge in [0.05, 0.1) is 16.3 Å². The fourth-order valence-corrected chi connectivity index (χ4v) is 2.82. The fraction of sp³-hybridized carbons (Fsp3) is 0.0769. The Morgan fingerprint density at radius 3 is 2.94 bits per heavy atom. The second kappa shape index (κ2) is 3.82. The number of aldehydes is 1. The summed E-state index contributed by atoms with van der Waals surface area (Å²) in [5.41, 5.74) is 2.58. The first-order valence-corrected chi connectivity index (χ1v) is 6.10. The summed E-state index contributed by atoms with van der Waals surface area (Å²) in [6, 6.07) is 9.87. The molecular formula is C13H10N2OS. The van der Waals surface area contributed by atoms with Crippen molar-refractivity contribution in [1.82, 2.24) is 9.97 Å². The maximum absolute atomic E-state index is 10.6. The van der Waals surface area contributed by atoms with Crippen molar-refractivity contribution in [3.05, 3.63) is 41.7 Å². The quantitative estimate of drug-likeness (QED) is 0.700. The van der Waals surface area contributed by atoms with Gasteiger partial charge in [-0.2, -0.15) is 0 Å². The Morgan fingerprint density at radius 1 is 1.29 bits per heavy atom. The van der Waals surface area contributed by atoms with Crippen LogP contribution in [0.3, 0.4) is 0 Å². The number of aromatic nitrogens is 2. The minimum atomic E-state index is 0.599. The SMILES string of the molecule is Cc1ccc2cc(-c3ccc(C=O)[nH]3)sc2n1. The van der Waals surface area contributed by atoms with E-state index in [-0.39, 0.29) is 0 Å². The Bertz CT molecular complexity index is 696. The summed E-state index contributed by atoms with van der Waals surface area (Å²) in [6.07, 6.45) is 0.819. The molecule has 3 aromatic rings. The number of aryl methyl sites for hydroxylation is 1. The van der Waals surface area contributed by atoms with Crippen molar-refractivity contribution in [2.75, 3.05) is 0 Å². The summed E-state index contributed by atoms with van der Waals surface area (Å²) in [6.45, 7) is 1.98. The van der Waals surface area contributed by atoms with Crippen LogP contribution in [0.5, 0.6) is 0 Å². The molecular weight excluding hydrogens is 232 g/mol. The molecule has 0 saturated carbocycles. The number of rotatable bonds is 2. The van der Waals surface area contributed by atoms with Gasteiger partial charge in [0.25, 0.3) is 0 Å². The Kier molecular flexibility index (Phi) is 2.30. The summed E-state index contributed by atoms with van der Waals surface area (Å²) >= 11 is 1.63. The van der Waals surface area contributed by atoms with Crippen LogP contribution in [0.1, 0.15) is 16.2 Å². The van der Waals surface area contributed by atoms with Crippen molar-refractivity contribution in [3.63, 3.8) is 0 Å². The highest BCUT2D eigenvalue weighted by atomic mass is 32.1. The molecule has 3 aromatic heterocycles.